The number of hydrogen-bond donors (Lipinski definition) is 1. The Morgan fingerprint density at radius 3 is 2.44 bits per heavy atom. The fourth-order valence-electron chi connectivity index (χ4n) is 3.22. The number of hydrogen-bond acceptors (Lipinski definition) is 3. The fourth-order valence-corrected chi connectivity index (χ4v) is 3.22. The summed E-state index contributed by atoms with van der Waals surface area (Å²) in [5.41, 5.74) is 5.70. The van der Waals surface area contributed by atoms with Gasteiger partial charge in [0, 0.05) is 23.8 Å². The van der Waals surface area contributed by atoms with E-state index in [0.29, 0.717) is 12.0 Å². The number of nitrogens with one attached hydrogen (secondary N) is 1. The van der Waals surface area contributed by atoms with Crippen LogP contribution in [0, 0.1) is 19.3 Å². The lowest BCUT2D eigenvalue weighted by atomic mass is 10.2. The van der Waals surface area contributed by atoms with Crippen molar-refractivity contribution in [1.29, 1.82) is 5.41 Å². The SMILES string of the molecule is Cc1c(C)n(-c2ccccc2)c2ncn(Cc3ccncc3)c(=N)c12. The molecule has 0 amide bonds. The molecule has 3 heterocycles. The topological polar surface area (TPSA) is 59.5 Å². The van der Waals surface area contributed by atoms with Gasteiger partial charge in [-0.15, -0.1) is 0 Å². The summed E-state index contributed by atoms with van der Waals surface area (Å²) in [4.78, 5) is 8.73. The van der Waals surface area contributed by atoms with E-state index in [2.05, 4.69) is 40.5 Å². The first-order chi connectivity index (χ1) is 12.2. The number of para-hydroxylation sites is 1. The molecule has 0 aliphatic carbocycles. The van der Waals surface area contributed by atoms with Crippen LogP contribution in [0.1, 0.15) is 16.8 Å². The van der Waals surface area contributed by atoms with Crippen LogP contribution in [0.25, 0.3) is 16.7 Å². The minimum Gasteiger partial charge on any atom is -0.312 e. The number of fused-ring (bicyclic) bond motifs is 1. The van der Waals surface area contributed by atoms with E-state index in [9.17, 15) is 0 Å². The van der Waals surface area contributed by atoms with Crippen LogP contribution >= 0.6 is 0 Å². The molecule has 0 radical (unpaired) electrons. The van der Waals surface area contributed by atoms with Crippen LogP contribution in [-0.2, 0) is 6.54 Å². The molecule has 0 unspecified atom stereocenters. The quantitative estimate of drug-likeness (QED) is 0.626. The maximum absolute atomic E-state index is 8.70. The van der Waals surface area contributed by atoms with Crippen molar-refractivity contribution >= 4 is 11.0 Å². The monoisotopic (exact) mass is 329 g/mol. The molecule has 3 aromatic heterocycles. The number of aromatic nitrogens is 4. The molecule has 0 fully saturated rings. The van der Waals surface area contributed by atoms with E-state index >= 15 is 0 Å². The smallest absolute Gasteiger partial charge is 0.150 e. The summed E-state index contributed by atoms with van der Waals surface area (Å²) in [5.74, 6) is 0. The van der Waals surface area contributed by atoms with Gasteiger partial charge < -0.3 is 4.57 Å². The van der Waals surface area contributed by atoms with E-state index in [0.717, 1.165) is 33.5 Å². The number of nitrogens with zero attached hydrogens (tertiary/aromatic N) is 4. The molecular weight excluding hydrogens is 310 g/mol. The lowest BCUT2D eigenvalue weighted by molar-refractivity contribution is 0.720. The minimum atomic E-state index is 0.483. The summed E-state index contributed by atoms with van der Waals surface area (Å²) in [6.45, 7) is 4.75. The van der Waals surface area contributed by atoms with Crippen molar-refractivity contribution in [2.75, 3.05) is 0 Å². The molecule has 1 N–H and O–H groups in total. The molecule has 25 heavy (non-hydrogen) atoms. The zero-order chi connectivity index (χ0) is 17.4. The summed E-state index contributed by atoms with van der Waals surface area (Å²) in [7, 11) is 0. The lowest BCUT2D eigenvalue weighted by Crippen LogP contribution is -2.21. The van der Waals surface area contributed by atoms with Crippen LogP contribution in [0.5, 0.6) is 0 Å². The third-order valence-electron chi connectivity index (χ3n) is 4.65. The molecule has 1 aromatic carbocycles. The first kappa shape index (κ1) is 15.3. The standard InChI is InChI=1S/C20H19N5/c1-14-15(2)25(17-6-4-3-5-7-17)20-18(14)19(21)24(13-23-20)12-16-8-10-22-11-9-16/h3-11,13,21H,12H2,1-2H3. The number of benzene rings is 1. The second kappa shape index (κ2) is 6.02. The van der Waals surface area contributed by atoms with Crippen LogP contribution < -0.4 is 5.49 Å². The maximum atomic E-state index is 8.70. The highest BCUT2D eigenvalue weighted by Crippen LogP contribution is 2.24. The molecule has 5 nitrogen and oxygen atoms in total. The zero-order valence-electron chi connectivity index (χ0n) is 14.3. The first-order valence-electron chi connectivity index (χ1n) is 8.23. The molecule has 4 rings (SSSR count). The van der Waals surface area contributed by atoms with Crippen molar-refractivity contribution in [1.82, 2.24) is 19.1 Å². The first-order valence-corrected chi connectivity index (χ1v) is 8.23. The summed E-state index contributed by atoms with van der Waals surface area (Å²) in [5, 5.41) is 9.60. The van der Waals surface area contributed by atoms with Crippen molar-refractivity contribution in [2.24, 2.45) is 0 Å². The molecule has 124 valence electrons. The third-order valence-corrected chi connectivity index (χ3v) is 4.65. The highest BCUT2D eigenvalue weighted by Gasteiger charge is 2.16. The van der Waals surface area contributed by atoms with Crippen LogP contribution in [0.2, 0.25) is 0 Å². The van der Waals surface area contributed by atoms with Crippen molar-refractivity contribution in [3.05, 3.63) is 83.5 Å². The van der Waals surface area contributed by atoms with Gasteiger partial charge in [0.2, 0.25) is 0 Å². The van der Waals surface area contributed by atoms with E-state index in [1.165, 1.54) is 0 Å². The fraction of sp³-hybridized carbons (Fsp3) is 0.150. The Bertz CT molecular complexity index is 1090. The molecule has 5 heteroatoms. The zero-order valence-corrected chi connectivity index (χ0v) is 14.3. The normalized spacial score (nSPS) is 11.1. The van der Waals surface area contributed by atoms with Crippen LogP contribution in [-0.4, -0.2) is 19.1 Å². The van der Waals surface area contributed by atoms with Gasteiger partial charge in [-0.3, -0.25) is 15.0 Å². The second-order valence-electron chi connectivity index (χ2n) is 6.16. The van der Waals surface area contributed by atoms with E-state index in [1.807, 2.05) is 34.9 Å². The summed E-state index contributed by atoms with van der Waals surface area (Å²) < 4.78 is 4.00. The summed E-state index contributed by atoms with van der Waals surface area (Å²) >= 11 is 0. The Labute approximate surface area is 145 Å². The Kier molecular flexibility index (Phi) is 3.69. The molecule has 0 saturated heterocycles. The molecule has 0 atom stereocenters. The Hall–Kier alpha value is -3.21. The third kappa shape index (κ3) is 2.54. The summed E-state index contributed by atoms with van der Waals surface area (Å²) in [6, 6.07) is 14.1. The van der Waals surface area contributed by atoms with Gasteiger partial charge in [0.05, 0.1) is 18.3 Å². The van der Waals surface area contributed by atoms with Gasteiger partial charge in [0.1, 0.15) is 11.1 Å². The van der Waals surface area contributed by atoms with Crippen molar-refractivity contribution in [3.8, 4) is 5.69 Å². The van der Waals surface area contributed by atoms with Crippen LogP contribution in [0.3, 0.4) is 0 Å². The molecule has 0 saturated carbocycles. The van der Waals surface area contributed by atoms with Gasteiger partial charge >= 0.3 is 0 Å². The number of pyridine rings is 1. The van der Waals surface area contributed by atoms with Gasteiger partial charge in [-0.25, -0.2) is 4.98 Å². The number of aryl methyl sites for hydroxylation is 1. The van der Waals surface area contributed by atoms with Crippen LogP contribution in [0.4, 0.5) is 0 Å². The minimum absolute atomic E-state index is 0.483. The van der Waals surface area contributed by atoms with E-state index in [-0.39, 0.29) is 0 Å². The average Bonchev–Trinajstić information content (AvgIpc) is 2.90. The predicted molar refractivity (Wildman–Crippen MR) is 97.7 cm³/mol. The Balaban J connectivity index is 1.91. The molecule has 0 aliphatic heterocycles. The molecule has 4 aromatic rings. The van der Waals surface area contributed by atoms with Gasteiger partial charge in [0.15, 0.2) is 0 Å². The van der Waals surface area contributed by atoms with Crippen LogP contribution in [0.15, 0.2) is 61.2 Å². The van der Waals surface area contributed by atoms with E-state index < -0.39 is 0 Å². The predicted octanol–water partition coefficient (Wildman–Crippen LogP) is 3.37. The Morgan fingerprint density at radius 2 is 1.72 bits per heavy atom. The van der Waals surface area contributed by atoms with Gasteiger partial charge in [-0.2, -0.15) is 0 Å². The van der Waals surface area contributed by atoms with E-state index in [4.69, 9.17) is 5.41 Å². The van der Waals surface area contributed by atoms with E-state index in [1.54, 1.807) is 18.7 Å². The second-order valence-corrected chi connectivity index (χ2v) is 6.16. The highest BCUT2D eigenvalue weighted by molar-refractivity contribution is 5.82. The number of rotatable bonds is 3. The maximum Gasteiger partial charge on any atom is 0.150 e. The average molecular weight is 329 g/mol. The van der Waals surface area contributed by atoms with Crippen molar-refractivity contribution in [3.63, 3.8) is 0 Å². The Morgan fingerprint density at radius 1 is 1.00 bits per heavy atom. The van der Waals surface area contributed by atoms with Gasteiger partial charge in [-0.05, 0) is 49.2 Å². The molecular formula is C20H19N5. The molecule has 0 bridgehead atoms. The van der Waals surface area contributed by atoms with Gasteiger partial charge in [0.25, 0.3) is 0 Å². The lowest BCUT2D eigenvalue weighted by Gasteiger charge is -2.09. The highest BCUT2D eigenvalue weighted by atomic mass is 15.1. The van der Waals surface area contributed by atoms with Gasteiger partial charge in [-0.1, -0.05) is 18.2 Å². The van der Waals surface area contributed by atoms with Crippen molar-refractivity contribution in [2.45, 2.75) is 20.4 Å². The van der Waals surface area contributed by atoms with Crippen molar-refractivity contribution < 1.29 is 0 Å². The largest absolute Gasteiger partial charge is 0.312 e. The molecule has 0 spiro atoms. The molecule has 0 aliphatic rings. The summed E-state index contributed by atoms with van der Waals surface area (Å²) in [6.07, 6.45) is 5.29.